The van der Waals surface area contributed by atoms with Crippen LogP contribution in [0.15, 0.2) is 97.3 Å². The maximum Gasteiger partial charge on any atom is 2.00 e. The molecule has 9 rings (SSSR count). The van der Waals surface area contributed by atoms with Crippen LogP contribution in [0.2, 0.25) is 0 Å². The number of ether oxygens (including phenoxy) is 1. The minimum Gasteiger partial charge on any atom is -0.508 e. The zero-order chi connectivity index (χ0) is 35.9. The average Bonchev–Trinajstić information content (AvgIpc) is 3.78. The van der Waals surface area contributed by atoms with Gasteiger partial charge in [0, 0.05) is 38.8 Å². The Labute approximate surface area is 332 Å². The van der Waals surface area contributed by atoms with E-state index in [4.69, 9.17) is 14.7 Å². The predicted molar refractivity (Wildman–Crippen MR) is 221 cm³/mol. The quantitative estimate of drug-likeness (QED) is 0.162. The third-order valence-corrected chi connectivity index (χ3v) is 12.0. The predicted octanol–water partition coefficient (Wildman–Crippen LogP) is 13.4. The monoisotopic (exact) mass is 908 g/mol. The number of aromatic nitrogens is 3. The summed E-state index contributed by atoms with van der Waals surface area (Å²) in [6.45, 7) is 15.7. The molecule has 5 heterocycles. The van der Waals surface area contributed by atoms with Gasteiger partial charge in [-0.3, -0.25) is 0 Å². The molecule has 266 valence electrons. The molecule has 0 saturated carbocycles. The van der Waals surface area contributed by atoms with Crippen LogP contribution in [0, 0.1) is 24.5 Å². The summed E-state index contributed by atoms with van der Waals surface area (Å²) in [4.78, 5) is 11.8. The van der Waals surface area contributed by atoms with E-state index >= 15 is 0 Å². The van der Waals surface area contributed by atoms with Crippen LogP contribution < -0.4 is 4.74 Å². The summed E-state index contributed by atoms with van der Waals surface area (Å²) in [6.07, 6.45) is 4.88. The van der Waals surface area contributed by atoms with Crippen molar-refractivity contribution in [2.24, 2.45) is 5.41 Å². The van der Waals surface area contributed by atoms with Crippen molar-refractivity contribution in [2.45, 2.75) is 60.3 Å². The number of rotatable bonds is 5. The number of fused-ring (bicyclic) bond motifs is 8. The van der Waals surface area contributed by atoms with Crippen LogP contribution in [-0.4, -0.2) is 14.5 Å². The molecule has 0 atom stereocenters. The van der Waals surface area contributed by atoms with Crippen molar-refractivity contribution in [3.8, 4) is 27.9 Å². The Morgan fingerprint density at radius 3 is 2.28 bits per heavy atom. The zero-order valence-electron chi connectivity index (χ0n) is 30.8. The van der Waals surface area contributed by atoms with Crippen molar-refractivity contribution in [3.05, 3.63) is 125 Å². The molecule has 7 heteroatoms. The molecular formula is C46H39N3OPtS2. The van der Waals surface area contributed by atoms with Gasteiger partial charge in [-0.15, -0.1) is 34.9 Å². The average molecular weight is 909 g/mol. The molecule has 0 bridgehead atoms. The second kappa shape index (κ2) is 13.2. The molecule has 0 saturated heterocycles. The van der Waals surface area contributed by atoms with Gasteiger partial charge in [-0.2, -0.15) is 6.07 Å². The van der Waals surface area contributed by atoms with E-state index in [1.54, 1.807) is 11.3 Å². The zero-order valence-corrected chi connectivity index (χ0v) is 34.7. The minimum atomic E-state index is -0.00273. The van der Waals surface area contributed by atoms with Crippen molar-refractivity contribution < 1.29 is 25.8 Å². The number of thiophene rings is 2. The first kappa shape index (κ1) is 35.7. The van der Waals surface area contributed by atoms with Gasteiger partial charge < -0.3 is 14.3 Å². The van der Waals surface area contributed by atoms with Crippen molar-refractivity contribution in [2.75, 3.05) is 0 Å². The van der Waals surface area contributed by atoms with E-state index in [-0.39, 0.29) is 31.9 Å². The summed E-state index contributed by atoms with van der Waals surface area (Å²) in [5, 5.41) is 7.34. The number of aryl methyl sites for hydroxylation is 1. The number of pyridine rings is 2. The summed E-state index contributed by atoms with van der Waals surface area (Å²) in [6, 6.07) is 37.7. The molecule has 53 heavy (non-hydrogen) atoms. The van der Waals surface area contributed by atoms with Crippen LogP contribution in [0.1, 0.15) is 57.5 Å². The Balaban J connectivity index is 0.00000400. The van der Waals surface area contributed by atoms with Gasteiger partial charge in [0.25, 0.3) is 0 Å². The summed E-state index contributed by atoms with van der Waals surface area (Å²) in [5.74, 6) is 2.20. The van der Waals surface area contributed by atoms with Crippen LogP contribution in [-0.2, 0) is 32.9 Å². The SMILES string of the molecule is Cc1sc(-c2nccc3c2sc2c4ccc(CC(C)(C)C)cc4ccc32)[c-]c1Oc1[c-]c2c(cc1)c1ccccc1n2-c1cc(C(C)(C)C)ccn1.[Pt+2]. The van der Waals surface area contributed by atoms with Gasteiger partial charge in [-0.1, -0.05) is 112 Å². The van der Waals surface area contributed by atoms with E-state index in [0.717, 1.165) is 49.5 Å². The molecule has 9 aromatic rings. The number of hydrogen-bond acceptors (Lipinski definition) is 5. The number of hydrogen-bond donors (Lipinski definition) is 0. The van der Waals surface area contributed by atoms with Crippen LogP contribution in [0.3, 0.4) is 0 Å². The summed E-state index contributed by atoms with van der Waals surface area (Å²) >= 11 is 3.49. The molecule has 0 fully saturated rings. The van der Waals surface area contributed by atoms with E-state index in [1.165, 1.54) is 42.1 Å². The van der Waals surface area contributed by atoms with E-state index < -0.39 is 0 Å². The van der Waals surface area contributed by atoms with Crippen molar-refractivity contribution in [1.82, 2.24) is 14.5 Å². The fourth-order valence-corrected chi connectivity index (χ4v) is 9.61. The molecule has 0 N–H and O–H groups in total. The Kier molecular flexibility index (Phi) is 8.88. The maximum absolute atomic E-state index is 6.60. The third kappa shape index (κ3) is 6.39. The first-order valence-corrected chi connectivity index (χ1v) is 19.4. The fourth-order valence-electron chi connectivity index (χ4n) is 7.33. The van der Waals surface area contributed by atoms with Crippen LogP contribution in [0.4, 0.5) is 0 Å². The number of nitrogens with zero attached hydrogens (tertiary/aromatic N) is 3. The smallest absolute Gasteiger partial charge is 0.508 e. The van der Waals surface area contributed by atoms with E-state index in [0.29, 0.717) is 11.5 Å². The minimum absolute atomic E-state index is 0. The van der Waals surface area contributed by atoms with Crippen molar-refractivity contribution in [1.29, 1.82) is 0 Å². The molecule has 5 aromatic heterocycles. The van der Waals surface area contributed by atoms with Gasteiger partial charge >= 0.3 is 21.1 Å². The molecule has 0 spiro atoms. The van der Waals surface area contributed by atoms with Gasteiger partial charge in [0.15, 0.2) is 0 Å². The van der Waals surface area contributed by atoms with Gasteiger partial charge in [0.05, 0.1) is 0 Å². The second-order valence-corrected chi connectivity index (χ2v) is 18.3. The number of benzene rings is 4. The van der Waals surface area contributed by atoms with E-state index in [1.807, 2.05) is 29.8 Å². The Bertz CT molecular complexity index is 2850. The molecule has 0 amide bonds. The molecule has 0 aliphatic rings. The topological polar surface area (TPSA) is 39.9 Å². The molecule has 0 aliphatic carbocycles. The Hall–Kier alpha value is -4.35. The second-order valence-electron chi connectivity index (χ2n) is 16.0. The number of para-hydroxylation sites is 1. The first-order chi connectivity index (χ1) is 24.9. The molecule has 4 nitrogen and oxygen atoms in total. The van der Waals surface area contributed by atoms with E-state index in [2.05, 4.69) is 144 Å². The van der Waals surface area contributed by atoms with Gasteiger partial charge in [-0.25, -0.2) is 16.3 Å². The van der Waals surface area contributed by atoms with Gasteiger partial charge in [-0.05, 0) is 85.3 Å². The Morgan fingerprint density at radius 2 is 1.47 bits per heavy atom. The van der Waals surface area contributed by atoms with Crippen LogP contribution in [0.25, 0.3) is 69.1 Å². The van der Waals surface area contributed by atoms with Crippen molar-refractivity contribution in [3.63, 3.8) is 0 Å². The summed E-state index contributed by atoms with van der Waals surface area (Å²) < 4.78 is 11.3. The molecule has 4 aromatic carbocycles. The fraction of sp³-hybridized carbons (Fsp3) is 0.217. The normalized spacial score (nSPS) is 12.4. The molecule has 0 radical (unpaired) electrons. The third-order valence-electron chi connectivity index (χ3n) is 9.79. The standard InChI is InChI=1S/C46H39N3OS2.Pt/c1-27-39(50-31-14-17-34-33-10-8-9-11-37(33)49(38(34)24-31)41-23-30(18-20-47-41)46(5,6)7)25-40(51-27)42-44-36(19-21-48-42)35-16-13-29-22-28(26-45(2,3)4)12-15-32(29)43(35)52-44;/h8-23H,26H2,1-7H3;/q-2;+2. The summed E-state index contributed by atoms with van der Waals surface area (Å²) in [5.41, 5.74) is 5.82. The molecule has 0 aliphatic heterocycles. The first-order valence-electron chi connectivity index (χ1n) is 17.8. The maximum atomic E-state index is 6.60. The summed E-state index contributed by atoms with van der Waals surface area (Å²) in [7, 11) is 0. The Morgan fingerprint density at radius 1 is 0.717 bits per heavy atom. The van der Waals surface area contributed by atoms with Crippen LogP contribution >= 0.6 is 22.7 Å². The van der Waals surface area contributed by atoms with Crippen molar-refractivity contribution >= 4 is 75.4 Å². The van der Waals surface area contributed by atoms with Gasteiger partial charge in [0.1, 0.15) is 5.82 Å². The molecule has 0 unspecified atom stereocenters. The van der Waals surface area contributed by atoms with Crippen LogP contribution in [0.5, 0.6) is 11.5 Å². The van der Waals surface area contributed by atoms with E-state index in [9.17, 15) is 0 Å². The largest absolute Gasteiger partial charge is 2.00 e. The van der Waals surface area contributed by atoms with Gasteiger partial charge in [0.2, 0.25) is 0 Å². The molecular weight excluding hydrogens is 870 g/mol.